The quantitative estimate of drug-likeness (QED) is 0.490. The van der Waals surface area contributed by atoms with Crippen LogP contribution < -0.4 is 9.62 Å². The first kappa shape index (κ1) is 27.4. The van der Waals surface area contributed by atoms with Gasteiger partial charge in [-0.05, 0) is 56.9 Å². The van der Waals surface area contributed by atoms with Gasteiger partial charge in [-0.1, -0.05) is 55.3 Å². The summed E-state index contributed by atoms with van der Waals surface area (Å²) in [4.78, 5) is 27.9. The number of nitrogens with one attached hydrogen (secondary N) is 1. The van der Waals surface area contributed by atoms with E-state index in [0.29, 0.717) is 12.2 Å². The van der Waals surface area contributed by atoms with Crippen molar-refractivity contribution in [1.82, 2.24) is 10.2 Å². The number of amides is 2. The zero-order chi connectivity index (χ0) is 25.5. The van der Waals surface area contributed by atoms with Crippen molar-refractivity contribution < 1.29 is 18.0 Å². The average Bonchev–Trinajstić information content (AvgIpc) is 2.76. The topological polar surface area (TPSA) is 86.8 Å². The number of anilines is 1. The standard InChI is InChI=1S/C26H37N3O4S/c1-7-8-15-27-26(31)22(5)28(17-23-13-9-11-19(2)16-23)25(30)18-29(34(6,32)33)24-14-10-12-20(3)21(24)4/h9-14,16,22H,7-8,15,17-18H2,1-6H3,(H,27,31)/t22-/m1/s1. The molecule has 2 rings (SSSR count). The highest BCUT2D eigenvalue weighted by Gasteiger charge is 2.30. The molecule has 2 aromatic rings. The summed E-state index contributed by atoms with van der Waals surface area (Å²) in [5.74, 6) is -0.696. The molecule has 0 aliphatic rings. The molecule has 0 fully saturated rings. The zero-order valence-corrected chi connectivity index (χ0v) is 21.9. The second-order valence-corrected chi connectivity index (χ2v) is 10.7. The lowest BCUT2D eigenvalue weighted by atomic mass is 10.1. The summed E-state index contributed by atoms with van der Waals surface area (Å²) >= 11 is 0. The predicted molar refractivity (Wildman–Crippen MR) is 137 cm³/mol. The maximum atomic E-state index is 13.6. The van der Waals surface area contributed by atoms with Crippen molar-refractivity contribution in [3.63, 3.8) is 0 Å². The molecule has 2 amide bonds. The van der Waals surface area contributed by atoms with Crippen molar-refractivity contribution in [1.29, 1.82) is 0 Å². The second kappa shape index (κ2) is 12.0. The minimum atomic E-state index is -3.74. The maximum Gasteiger partial charge on any atom is 0.244 e. The molecule has 0 bridgehead atoms. The van der Waals surface area contributed by atoms with Crippen LogP contribution in [-0.4, -0.2) is 50.5 Å². The monoisotopic (exact) mass is 487 g/mol. The third-order valence-electron chi connectivity index (χ3n) is 5.96. The molecule has 8 heteroatoms. The van der Waals surface area contributed by atoms with Gasteiger partial charge in [0, 0.05) is 13.1 Å². The smallest absolute Gasteiger partial charge is 0.244 e. The van der Waals surface area contributed by atoms with Crippen molar-refractivity contribution in [3.8, 4) is 0 Å². The number of rotatable bonds is 11. The lowest BCUT2D eigenvalue weighted by Gasteiger charge is -2.32. The minimum absolute atomic E-state index is 0.202. The molecule has 0 aliphatic heterocycles. The lowest BCUT2D eigenvalue weighted by Crippen LogP contribution is -2.51. The van der Waals surface area contributed by atoms with Gasteiger partial charge in [0.1, 0.15) is 12.6 Å². The third kappa shape index (κ3) is 7.32. The summed E-state index contributed by atoms with van der Waals surface area (Å²) < 4.78 is 26.5. The van der Waals surface area contributed by atoms with Crippen molar-refractivity contribution in [2.75, 3.05) is 23.7 Å². The highest BCUT2D eigenvalue weighted by Crippen LogP contribution is 2.25. The summed E-state index contributed by atoms with van der Waals surface area (Å²) in [6.45, 7) is 9.75. The molecule has 2 aromatic carbocycles. The number of hydrogen-bond acceptors (Lipinski definition) is 4. The minimum Gasteiger partial charge on any atom is -0.354 e. The van der Waals surface area contributed by atoms with Gasteiger partial charge >= 0.3 is 0 Å². The fourth-order valence-electron chi connectivity index (χ4n) is 3.73. The summed E-state index contributed by atoms with van der Waals surface area (Å²) in [5.41, 5.74) is 4.10. The first-order chi connectivity index (χ1) is 16.0. The number of nitrogens with zero attached hydrogens (tertiary/aromatic N) is 2. The Kier molecular flexibility index (Phi) is 9.67. The van der Waals surface area contributed by atoms with Gasteiger partial charge in [0.25, 0.3) is 0 Å². The fraction of sp³-hybridized carbons (Fsp3) is 0.462. The molecule has 0 saturated heterocycles. The Morgan fingerprint density at radius 2 is 1.74 bits per heavy atom. The van der Waals surface area contributed by atoms with Gasteiger partial charge in [-0.25, -0.2) is 8.42 Å². The fourth-order valence-corrected chi connectivity index (χ4v) is 4.63. The van der Waals surface area contributed by atoms with Crippen LogP contribution in [0.5, 0.6) is 0 Å². The van der Waals surface area contributed by atoms with Gasteiger partial charge in [0.2, 0.25) is 21.8 Å². The molecule has 1 N–H and O–H groups in total. The highest BCUT2D eigenvalue weighted by molar-refractivity contribution is 7.92. The van der Waals surface area contributed by atoms with E-state index >= 15 is 0 Å². The SMILES string of the molecule is CCCCNC(=O)[C@@H](C)N(Cc1cccc(C)c1)C(=O)CN(c1cccc(C)c1C)S(C)(=O)=O. The molecule has 0 aromatic heterocycles. The molecule has 1 atom stereocenters. The van der Waals surface area contributed by atoms with E-state index in [9.17, 15) is 18.0 Å². The predicted octanol–water partition coefficient (Wildman–Crippen LogP) is 3.71. The molecule has 0 saturated carbocycles. The Morgan fingerprint density at radius 3 is 2.35 bits per heavy atom. The van der Waals surface area contributed by atoms with E-state index < -0.39 is 22.0 Å². The normalized spacial score (nSPS) is 12.2. The molecule has 34 heavy (non-hydrogen) atoms. The lowest BCUT2D eigenvalue weighted by molar-refractivity contribution is -0.139. The van der Waals surface area contributed by atoms with Crippen molar-refractivity contribution >= 4 is 27.5 Å². The summed E-state index contributed by atoms with van der Waals surface area (Å²) in [7, 11) is -3.74. The zero-order valence-electron chi connectivity index (χ0n) is 21.1. The number of sulfonamides is 1. The molecule has 0 heterocycles. The molecule has 186 valence electrons. The van der Waals surface area contributed by atoms with Crippen LogP contribution in [0.2, 0.25) is 0 Å². The van der Waals surface area contributed by atoms with Crippen LogP contribution in [0.1, 0.15) is 48.9 Å². The highest BCUT2D eigenvalue weighted by atomic mass is 32.2. The van der Waals surface area contributed by atoms with E-state index in [2.05, 4.69) is 5.32 Å². The Morgan fingerprint density at radius 1 is 1.06 bits per heavy atom. The number of aryl methyl sites for hydroxylation is 2. The van der Waals surface area contributed by atoms with E-state index in [1.165, 1.54) is 4.90 Å². The molecule has 0 aliphatic carbocycles. The summed E-state index contributed by atoms with van der Waals surface area (Å²) in [6.07, 6.45) is 2.88. The molecule has 7 nitrogen and oxygen atoms in total. The van der Waals surface area contributed by atoms with Crippen LogP contribution in [0.4, 0.5) is 5.69 Å². The van der Waals surface area contributed by atoms with Gasteiger partial charge in [0.15, 0.2) is 0 Å². The van der Waals surface area contributed by atoms with E-state index in [0.717, 1.165) is 45.7 Å². The summed E-state index contributed by atoms with van der Waals surface area (Å²) in [6, 6.07) is 12.3. The van der Waals surface area contributed by atoms with Crippen molar-refractivity contribution in [2.24, 2.45) is 0 Å². The van der Waals surface area contributed by atoms with Gasteiger partial charge in [-0.2, -0.15) is 0 Å². The Labute approximate surface area is 204 Å². The van der Waals surface area contributed by atoms with Gasteiger partial charge in [-0.15, -0.1) is 0 Å². The average molecular weight is 488 g/mol. The molecular weight excluding hydrogens is 450 g/mol. The Balaban J connectivity index is 2.39. The van der Waals surface area contributed by atoms with E-state index in [4.69, 9.17) is 0 Å². The van der Waals surface area contributed by atoms with Crippen LogP contribution in [0.15, 0.2) is 42.5 Å². The maximum absolute atomic E-state index is 13.6. The van der Waals surface area contributed by atoms with Crippen LogP contribution in [-0.2, 0) is 26.2 Å². The summed E-state index contributed by atoms with van der Waals surface area (Å²) in [5, 5.41) is 2.88. The number of carbonyl (C=O) groups is 2. The van der Waals surface area contributed by atoms with E-state index in [1.807, 2.05) is 58.0 Å². The molecule has 0 radical (unpaired) electrons. The van der Waals surface area contributed by atoms with Crippen LogP contribution in [0.3, 0.4) is 0 Å². The van der Waals surface area contributed by atoms with E-state index in [-0.39, 0.29) is 19.0 Å². The van der Waals surface area contributed by atoms with Gasteiger partial charge < -0.3 is 10.2 Å². The Bertz CT molecular complexity index is 1110. The number of carbonyl (C=O) groups excluding carboxylic acids is 2. The van der Waals surface area contributed by atoms with Crippen LogP contribution >= 0.6 is 0 Å². The molecular formula is C26H37N3O4S. The number of benzene rings is 2. The number of unbranched alkanes of at least 4 members (excludes halogenated alkanes) is 1. The van der Waals surface area contributed by atoms with Crippen LogP contribution in [0, 0.1) is 20.8 Å². The van der Waals surface area contributed by atoms with Gasteiger partial charge in [-0.3, -0.25) is 13.9 Å². The molecule has 0 unspecified atom stereocenters. The van der Waals surface area contributed by atoms with Crippen molar-refractivity contribution in [2.45, 2.75) is 60.0 Å². The van der Waals surface area contributed by atoms with Gasteiger partial charge in [0.05, 0.1) is 11.9 Å². The largest absolute Gasteiger partial charge is 0.354 e. The number of hydrogen-bond donors (Lipinski definition) is 1. The van der Waals surface area contributed by atoms with Crippen LogP contribution in [0.25, 0.3) is 0 Å². The third-order valence-corrected chi connectivity index (χ3v) is 7.08. The van der Waals surface area contributed by atoms with Crippen molar-refractivity contribution in [3.05, 3.63) is 64.7 Å². The Hall–Kier alpha value is -2.87. The first-order valence-electron chi connectivity index (χ1n) is 11.6. The first-order valence-corrected chi connectivity index (χ1v) is 13.5. The van der Waals surface area contributed by atoms with E-state index in [1.54, 1.807) is 19.1 Å². The second-order valence-electron chi connectivity index (χ2n) is 8.82. The molecule has 0 spiro atoms.